The first-order chi connectivity index (χ1) is 12.0. The van der Waals surface area contributed by atoms with Crippen molar-refractivity contribution in [1.29, 1.82) is 0 Å². The zero-order chi connectivity index (χ0) is 18.2. The summed E-state index contributed by atoms with van der Waals surface area (Å²) in [7, 11) is 0. The molecule has 6 nitrogen and oxygen atoms in total. The molecule has 1 fully saturated rings. The van der Waals surface area contributed by atoms with Crippen LogP contribution in [0.25, 0.3) is 0 Å². The molecule has 0 saturated heterocycles. The molecule has 1 heterocycles. The van der Waals surface area contributed by atoms with E-state index in [-0.39, 0.29) is 24.2 Å². The number of thiazole rings is 1. The first-order valence-electron chi connectivity index (χ1n) is 9.11. The Morgan fingerprint density at radius 2 is 2.12 bits per heavy atom. The summed E-state index contributed by atoms with van der Waals surface area (Å²) in [5.41, 5.74) is 0.246. The third-order valence-electron chi connectivity index (χ3n) is 4.50. The van der Waals surface area contributed by atoms with Crippen molar-refractivity contribution < 1.29 is 14.3 Å². The molecule has 2 N–H and O–H groups in total. The second-order valence-corrected chi connectivity index (χ2v) is 8.02. The summed E-state index contributed by atoms with van der Waals surface area (Å²) in [4.78, 5) is 28.2. The molecule has 0 bridgehead atoms. The molecule has 2 atom stereocenters. The minimum atomic E-state index is -0.556. The molecule has 2 rings (SSSR count). The monoisotopic (exact) mass is 367 g/mol. The average Bonchev–Trinajstić information content (AvgIpc) is 3.03. The number of esters is 1. The average molecular weight is 368 g/mol. The van der Waals surface area contributed by atoms with Crippen LogP contribution in [0.1, 0.15) is 63.4 Å². The molecule has 0 aliphatic heterocycles. The number of amides is 1. The number of nitrogens with one attached hydrogen (secondary N) is 2. The summed E-state index contributed by atoms with van der Waals surface area (Å²) in [5.74, 6) is 0.298. The lowest BCUT2D eigenvalue weighted by molar-refractivity contribution is -0.125. The Hall–Kier alpha value is -1.63. The fraction of sp³-hybridized carbons (Fsp3) is 0.722. The number of anilines is 1. The SMILES string of the molecule is CC(C)CCNc1nc(C(=O)OCC(=O)N[C@@H]2CCCC[C@H]2C)cs1. The zero-order valence-electron chi connectivity index (χ0n) is 15.3. The topological polar surface area (TPSA) is 80.3 Å². The van der Waals surface area contributed by atoms with E-state index in [9.17, 15) is 9.59 Å². The molecule has 1 aliphatic rings. The summed E-state index contributed by atoms with van der Waals surface area (Å²) < 4.78 is 5.09. The van der Waals surface area contributed by atoms with Crippen molar-refractivity contribution in [2.45, 2.75) is 58.9 Å². The number of hydrogen-bond acceptors (Lipinski definition) is 6. The van der Waals surface area contributed by atoms with Gasteiger partial charge in [-0.15, -0.1) is 11.3 Å². The summed E-state index contributed by atoms with van der Waals surface area (Å²) in [6, 6.07) is 0.191. The van der Waals surface area contributed by atoms with Crippen LogP contribution in [0.3, 0.4) is 0 Å². The minimum Gasteiger partial charge on any atom is -0.451 e. The lowest BCUT2D eigenvalue weighted by Gasteiger charge is -2.29. The van der Waals surface area contributed by atoms with Gasteiger partial charge in [-0.05, 0) is 31.1 Å². The van der Waals surface area contributed by atoms with Gasteiger partial charge in [-0.1, -0.05) is 33.6 Å². The van der Waals surface area contributed by atoms with Crippen molar-refractivity contribution in [3.05, 3.63) is 11.1 Å². The molecule has 0 spiro atoms. The van der Waals surface area contributed by atoms with Gasteiger partial charge in [0.25, 0.3) is 5.91 Å². The molecule has 0 aromatic carbocycles. The van der Waals surface area contributed by atoms with Crippen LogP contribution in [0, 0.1) is 11.8 Å². The smallest absolute Gasteiger partial charge is 0.358 e. The first-order valence-corrected chi connectivity index (χ1v) is 9.99. The molecule has 1 aliphatic carbocycles. The van der Waals surface area contributed by atoms with Crippen LogP contribution in [0.5, 0.6) is 0 Å². The van der Waals surface area contributed by atoms with E-state index in [1.807, 2.05) is 0 Å². The predicted octanol–water partition coefficient (Wildman–Crippen LogP) is 3.45. The van der Waals surface area contributed by atoms with Gasteiger partial charge in [0.05, 0.1) is 0 Å². The van der Waals surface area contributed by atoms with Crippen LogP contribution < -0.4 is 10.6 Å². The molecule has 0 unspecified atom stereocenters. The number of carbonyl (C=O) groups is 2. The van der Waals surface area contributed by atoms with Gasteiger partial charge in [-0.2, -0.15) is 0 Å². The van der Waals surface area contributed by atoms with E-state index in [1.165, 1.54) is 17.8 Å². The summed E-state index contributed by atoms with van der Waals surface area (Å²) >= 11 is 1.37. The molecule has 1 aromatic heterocycles. The summed E-state index contributed by atoms with van der Waals surface area (Å²) in [6.45, 7) is 7.04. The van der Waals surface area contributed by atoms with Crippen molar-refractivity contribution in [3.8, 4) is 0 Å². The molecule has 1 amide bonds. The van der Waals surface area contributed by atoms with Gasteiger partial charge < -0.3 is 15.4 Å². The predicted molar refractivity (Wildman–Crippen MR) is 99.9 cm³/mol. The fourth-order valence-corrected chi connectivity index (χ4v) is 3.61. The quantitative estimate of drug-likeness (QED) is 0.688. The van der Waals surface area contributed by atoms with Crippen molar-refractivity contribution in [3.63, 3.8) is 0 Å². The molecule has 1 saturated carbocycles. The van der Waals surface area contributed by atoms with Crippen LogP contribution >= 0.6 is 11.3 Å². The van der Waals surface area contributed by atoms with E-state index in [0.717, 1.165) is 32.2 Å². The highest BCUT2D eigenvalue weighted by Gasteiger charge is 2.23. The van der Waals surface area contributed by atoms with E-state index in [4.69, 9.17) is 4.74 Å². The van der Waals surface area contributed by atoms with Crippen LogP contribution in [-0.4, -0.2) is 36.1 Å². The second-order valence-electron chi connectivity index (χ2n) is 7.16. The van der Waals surface area contributed by atoms with Gasteiger partial charge in [0.1, 0.15) is 0 Å². The standard InChI is InChI=1S/C18H29N3O3S/c1-12(2)8-9-19-18-21-15(11-25-18)17(23)24-10-16(22)20-14-7-5-4-6-13(14)3/h11-14H,4-10H2,1-3H3,(H,19,21)(H,20,22)/t13-,14-/m1/s1. The van der Waals surface area contributed by atoms with E-state index in [0.29, 0.717) is 17.0 Å². The van der Waals surface area contributed by atoms with Crippen molar-refractivity contribution >= 4 is 28.3 Å². The Kier molecular flexibility index (Phi) is 7.68. The van der Waals surface area contributed by atoms with Gasteiger partial charge >= 0.3 is 5.97 Å². The number of carbonyl (C=O) groups excluding carboxylic acids is 2. The maximum Gasteiger partial charge on any atom is 0.358 e. The minimum absolute atomic E-state index is 0.191. The second kappa shape index (κ2) is 9.75. The molecular formula is C18H29N3O3S. The van der Waals surface area contributed by atoms with Crippen molar-refractivity contribution in [2.24, 2.45) is 11.8 Å². The van der Waals surface area contributed by atoms with Gasteiger partial charge in [0, 0.05) is 18.0 Å². The highest BCUT2D eigenvalue weighted by molar-refractivity contribution is 7.13. The summed E-state index contributed by atoms with van der Waals surface area (Å²) in [6.07, 6.45) is 5.54. The largest absolute Gasteiger partial charge is 0.451 e. The summed E-state index contributed by atoms with van der Waals surface area (Å²) in [5, 5.41) is 8.52. The Morgan fingerprint density at radius 1 is 1.36 bits per heavy atom. The van der Waals surface area contributed by atoms with E-state index >= 15 is 0 Å². The highest BCUT2D eigenvalue weighted by atomic mass is 32.1. The van der Waals surface area contributed by atoms with E-state index < -0.39 is 5.97 Å². The fourth-order valence-electron chi connectivity index (χ4n) is 2.90. The lowest BCUT2D eigenvalue weighted by atomic mass is 9.86. The zero-order valence-corrected chi connectivity index (χ0v) is 16.2. The third-order valence-corrected chi connectivity index (χ3v) is 5.30. The molecule has 1 aromatic rings. The van der Waals surface area contributed by atoms with E-state index in [1.54, 1.807) is 5.38 Å². The first kappa shape index (κ1) is 19.7. The number of hydrogen-bond donors (Lipinski definition) is 2. The Morgan fingerprint density at radius 3 is 2.84 bits per heavy atom. The van der Waals surface area contributed by atoms with Gasteiger partial charge in [0.15, 0.2) is 17.4 Å². The number of aromatic nitrogens is 1. The molecule has 0 radical (unpaired) electrons. The molecule has 140 valence electrons. The van der Waals surface area contributed by atoms with Crippen molar-refractivity contribution in [1.82, 2.24) is 10.3 Å². The number of ether oxygens (including phenoxy) is 1. The van der Waals surface area contributed by atoms with Gasteiger partial charge in [-0.25, -0.2) is 9.78 Å². The Balaban J connectivity index is 1.72. The molecule has 7 heteroatoms. The molecule has 25 heavy (non-hydrogen) atoms. The van der Waals surface area contributed by atoms with Crippen LogP contribution in [0.15, 0.2) is 5.38 Å². The van der Waals surface area contributed by atoms with Crippen LogP contribution in [0.4, 0.5) is 5.13 Å². The molecular weight excluding hydrogens is 338 g/mol. The maximum atomic E-state index is 12.0. The van der Waals surface area contributed by atoms with Gasteiger partial charge in [0.2, 0.25) is 0 Å². The van der Waals surface area contributed by atoms with Gasteiger partial charge in [-0.3, -0.25) is 4.79 Å². The van der Waals surface area contributed by atoms with E-state index in [2.05, 4.69) is 36.4 Å². The lowest BCUT2D eigenvalue weighted by Crippen LogP contribution is -2.42. The van der Waals surface area contributed by atoms with Crippen LogP contribution in [-0.2, 0) is 9.53 Å². The highest BCUT2D eigenvalue weighted by Crippen LogP contribution is 2.23. The Labute approximate surface area is 153 Å². The van der Waals surface area contributed by atoms with Crippen LogP contribution in [0.2, 0.25) is 0 Å². The number of nitrogens with zero attached hydrogens (tertiary/aromatic N) is 1. The maximum absolute atomic E-state index is 12.0. The normalized spacial score (nSPS) is 20.3. The number of rotatable bonds is 8. The third kappa shape index (κ3) is 6.65. The Bertz CT molecular complexity index is 574. The van der Waals surface area contributed by atoms with Crippen molar-refractivity contribution in [2.75, 3.05) is 18.5 Å².